The summed E-state index contributed by atoms with van der Waals surface area (Å²) in [5, 5.41) is 0.998. The summed E-state index contributed by atoms with van der Waals surface area (Å²) in [6, 6.07) is 14.8. The highest BCUT2D eigenvalue weighted by atomic mass is 19.1. The van der Waals surface area contributed by atoms with E-state index in [4.69, 9.17) is 10.5 Å². The van der Waals surface area contributed by atoms with Crippen molar-refractivity contribution in [3.8, 4) is 5.75 Å². The number of halogens is 2. The number of carbonyl (C=O) groups excluding carboxylic acids is 1. The molecule has 0 bridgehead atoms. The molecule has 5 aromatic rings. The third-order valence-electron chi connectivity index (χ3n) is 6.43. The van der Waals surface area contributed by atoms with Crippen molar-refractivity contribution in [3.05, 3.63) is 107 Å². The molecule has 0 aliphatic heterocycles. The van der Waals surface area contributed by atoms with Crippen molar-refractivity contribution in [1.29, 1.82) is 0 Å². The van der Waals surface area contributed by atoms with Gasteiger partial charge in [0.2, 0.25) is 0 Å². The number of Topliss-reactive ketones (excluding diaryl/α,β-unsaturated/α-hetero) is 1. The van der Waals surface area contributed by atoms with Crippen LogP contribution in [0.4, 0.5) is 8.78 Å². The summed E-state index contributed by atoms with van der Waals surface area (Å²) in [7, 11) is 0. The summed E-state index contributed by atoms with van der Waals surface area (Å²) in [6.07, 6.45) is 4.23. The predicted molar refractivity (Wildman–Crippen MR) is 138 cm³/mol. The van der Waals surface area contributed by atoms with Crippen LogP contribution in [0.3, 0.4) is 0 Å². The molecule has 188 valence electrons. The highest BCUT2D eigenvalue weighted by molar-refractivity contribution is 5.96. The van der Waals surface area contributed by atoms with Crippen molar-refractivity contribution in [1.82, 2.24) is 14.4 Å². The zero-order chi connectivity index (χ0) is 26.1. The van der Waals surface area contributed by atoms with Gasteiger partial charge in [-0.15, -0.1) is 0 Å². The highest BCUT2D eigenvalue weighted by Crippen LogP contribution is 2.28. The number of nitrogens with zero attached hydrogens (tertiary/aromatic N) is 3. The molecule has 0 amide bonds. The third-order valence-corrected chi connectivity index (χ3v) is 6.43. The van der Waals surface area contributed by atoms with Crippen LogP contribution >= 0.6 is 0 Å². The van der Waals surface area contributed by atoms with E-state index in [9.17, 15) is 13.6 Å². The second kappa shape index (κ2) is 10.1. The molecular formula is C29H26F2N4O2. The van der Waals surface area contributed by atoms with Gasteiger partial charge in [0.15, 0.2) is 17.2 Å². The molecular weight excluding hydrogens is 474 g/mol. The molecule has 3 aromatic heterocycles. The molecule has 8 heteroatoms. The summed E-state index contributed by atoms with van der Waals surface area (Å²) in [5.41, 5.74) is 10.3. The first-order valence-corrected chi connectivity index (χ1v) is 12.0. The van der Waals surface area contributed by atoms with Gasteiger partial charge in [0.05, 0.1) is 16.8 Å². The molecule has 1 unspecified atom stereocenters. The molecule has 0 saturated heterocycles. The highest BCUT2D eigenvalue weighted by Gasteiger charge is 2.21. The Kier molecular flexibility index (Phi) is 6.67. The van der Waals surface area contributed by atoms with Crippen molar-refractivity contribution in [3.63, 3.8) is 0 Å². The first-order valence-electron chi connectivity index (χ1n) is 12.0. The Morgan fingerprint density at radius 1 is 1.08 bits per heavy atom. The van der Waals surface area contributed by atoms with Crippen molar-refractivity contribution in [2.75, 3.05) is 0 Å². The normalized spacial score (nSPS) is 12.2. The maximum absolute atomic E-state index is 14.1. The fraction of sp³-hybridized carbons (Fsp3) is 0.207. The van der Waals surface area contributed by atoms with Gasteiger partial charge in [0.1, 0.15) is 23.9 Å². The van der Waals surface area contributed by atoms with E-state index in [1.807, 2.05) is 37.3 Å². The minimum atomic E-state index is -0.682. The van der Waals surface area contributed by atoms with Crippen molar-refractivity contribution in [2.45, 2.75) is 39.3 Å². The van der Waals surface area contributed by atoms with Gasteiger partial charge in [-0.3, -0.25) is 14.2 Å². The fourth-order valence-electron chi connectivity index (χ4n) is 4.52. The monoisotopic (exact) mass is 500 g/mol. The number of fused-ring (bicyclic) bond motifs is 2. The van der Waals surface area contributed by atoms with Gasteiger partial charge in [0, 0.05) is 30.2 Å². The van der Waals surface area contributed by atoms with E-state index >= 15 is 0 Å². The molecule has 1 atom stereocenters. The van der Waals surface area contributed by atoms with Crippen LogP contribution in [0.5, 0.6) is 5.75 Å². The molecule has 2 N–H and O–H groups in total. The quantitative estimate of drug-likeness (QED) is 0.264. The smallest absolute Gasteiger partial charge is 0.181 e. The number of hydrogen-bond acceptors (Lipinski definition) is 5. The van der Waals surface area contributed by atoms with Crippen LogP contribution in [-0.4, -0.2) is 20.2 Å². The van der Waals surface area contributed by atoms with E-state index in [2.05, 4.69) is 9.97 Å². The van der Waals surface area contributed by atoms with Gasteiger partial charge in [0.25, 0.3) is 0 Å². The van der Waals surface area contributed by atoms with Crippen molar-refractivity contribution < 1.29 is 18.3 Å². The molecule has 0 aliphatic carbocycles. The number of imidazole rings is 1. The average Bonchev–Trinajstić information content (AvgIpc) is 3.22. The van der Waals surface area contributed by atoms with Gasteiger partial charge in [-0.1, -0.05) is 18.2 Å². The molecule has 37 heavy (non-hydrogen) atoms. The van der Waals surface area contributed by atoms with E-state index in [-0.39, 0.29) is 30.4 Å². The van der Waals surface area contributed by atoms with Gasteiger partial charge in [-0.05, 0) is 67.8 Å². The molecule has 0 spiro atoms. The fourth-order valence-corrected chi connectivity index (χ4v) is 4.52. The minimum Gasteiger partial charge on any atom is -0.485 e. The lowest BCUT2D eigenvalue weighted by Gasteiger charge is -2.13. The second-order valence-electron chi connectivity index (χ2n) is 9.13. The summed E-state index contributed by atoms with van der Waals surface area (Å²) < 4.78 is 35.6. The van der Waals surface area contributed by atoms with E-state index in [1.54, 1.807) is 29.8 Å². The summed E-state index contributed by atoms with van der Waals surface area (Å²) in [4.78, 5) is 22.2. The molecule has 2 aromatic carbocycles. The van der Waals surface area contributed by atoms with Crippen LogP contribution in [0, 0.1) is 25.5 Å². The Morgan fingerprint density at radius 2 is 1.86 bits per heavy atom. The van der Waals surface area contributed by atoms with Gasteiger partial charge >= 0.3 is 0 Å². The number of pyridine rings is 2. The number of carbonyl (C=O) groups is 1. The molecule has 0 fully saturated rings. The van der Waals surface area contributed by atoms with Gasteiger partial charge in [-0.2, -0.15) is 0 Å². The van der Waals surface area contributed by atoms with Crippen LogP contribution in [-0.2, 0) is 6.61 Å². The van der Waals surface area contributed by atoms with E-state index < -0.39 is 11.6 Å². The third kappa shape index (κ3) is 4.93. The van der Waals surface area contributed by atoms with E-state index in [1.165, 1.54) is 18.2 Å². The number of aryl methyl sites for hydroxylation is 2. The summed E-state index contributed by atoms with van der Waals surface area (Å²) in [5.74, 6) is -1.12. The second-order valence-corrected chi connectivity index (χ2v) is 9.13. The van der Waals surface area contributed by atoms with Crippen LogP contribution in [0.15, 0.2) is 67.0 Å². The molecule has 5 rings (SSSR count). The van der Waals surface area contributed by atoms with Crippen LogP contribution in [0.2, 0.25) is 0 Å². The Morgan fingerprint density at radius 3 is 2.65 bits per heavy atom. The predicted octanol–water partition coefficient (Wildman–Crippen LogP) is 6.02. The number of ketones is 1. The number of nitrogens with two attached hydrogens (primary N) is 1. The molecule has 3 heterocycles. The zero-order valence-corrected chi connectivity index (χ0v) is 20.5. The Labute approximate surface area is 212 Å². The van der Waals surface area contributed by atoms with Gasteiger partial charge in [-0.25, -0.2) is 13.8 Å². The minimum absolute atomic E-state index is 0.0976. The number of benzene rings is 2. The summed E-state index contributed by atoms with van der Waals surface area (Å²) in [6.45, 7) is 3.30. The molecule has 0 saturated carbocycles. The Hall–Kier alpha value is -4.17. The van der Waals surface area contributed by atoms with Crippen LogP contribution in [0.25, 0.3) is 16.6 Å². The van der Waals surface area contributed by atoms with Crippen molar-refractivity contribution >= 4 is 22.3 Å². The molecule has 6 nitrogen and oxygen atoms in total. The first-order chi connectivity index (χ1) is 17.8. The van der Waals surface area contributed by atoms with Crippen LogP contribution < -0.4 is 10.5 Å². The zero-order valence-electron chi connectivity index (χ0n) is 20.5. The number of ether oxygens (including phenoxy) is 1. The van der Waals surface area contributed by atoms with E-state index in [0.717, 1.165) is 22.0 Å². The maximum Gasteiger partial charge on any atom is 0.181 e. The average molecular weight is 501 g/mol. The SMILES string of the molecule is Cc1cc(OCc2c(F)cccc2F)c2nc(C)c(C(=O)CCC(N)c3ccc4ncccc4c3)n2c1. The largest absolute Gasteiger partial charge is 0.485 e. The van der Waals surface area contributed by atoms with Crippen LogP contribution in [0.1, 0.15) is 51.8 Å². The summed E-state index contributed by atoms with van der Waals surface area (Å²) >= 11 is 0. The molecule has 0 aliphatic rings. The lowest BCUT2D eigenvalue weighted by atomic mass is 9.99. The van der Waals surface area contributed by atoms with E-state index in [0.29, 0.717) is 29.2 Å². The first kappa shape index (κ1) is 24.5. The van der Waals surface area contributed by atoms with Gasteiger partial charge < -0.3 is 10.5 Å². The lowest BCUT2D eigenvalue weighted by molar-refractivity contribution is 0.0971. The number of aromatic nitrogens is 3. The lowest BCUT2D eigenvalue weighted by Crippen LogP contribution is -2.14. The topological polar surface area (TPSA) is 82.5 Å². The Bertz CT molecular complexity index is 1610. The number of hydrogen-bond donors (Lipinski definition) is 1. The molecule has 0 radical (unpaired) electrons. The van der Waals surface area contributed by atoms with Crippen molar-refractivity contribution in [2.24, 2.45) is 5.73 Å². The standard InChI is InChI=1S/C29H26F2N4O2/c1-17-13-27(37-16-21-22(30)6-3-7-23(21)31)29-34-18(2)28(35(29)15-17)26(36)11-9-24(32)19-8-10-25-20(14-19)5-4-12-33-25/h3-8,10,12-15,24H,9,11,16,32H2,1-2H3. The Balaban J connectivity index is 1.36. The maximum atomic E-state index is 14.1. The number of rotatable bonds is 8.